The lowest BCUT2D eigenvalue weighted by atomic mass is 10.1. The smallest absolute Gasteiger partial charge is 0.268 e. The molecule has 0 radical (unpaired) electrons. The Hall–Kier alpha value is -2.62. The quantitative estimate of drug-likeness (QED) is 0.817. The van der Waals surface area contributed by atoms with Crippen LogP contribution >= 0.6 is 0 Å². The first-order valence-corrected chi connectivity index (χ1v) is 7.23. The van der Waals surface area contributed by atoms with Crippen molar-refractivity contribution in [3.05, 3.63) is 59.7 Å². The summed E-state index contributed by atoms with van der Waals surface area (Å²) in [5.74, 6) is 0.499. The van der Waals surface area contributed by atoms with Gasteiger partial charge < -0.3 is 9.64 Å². The van der Waals surface area contributed by atoms with Gasteiger partial charge in [0.1, 0.15) is 5.75 Å². The molecule has 3 rings (SSSR count). The molecule has 0 N–H and O–H groups in total. The minimum Gasteiger partial charge on any atom is -0.479 e. The number of ketones is 1. The second-order valence-electron chi connectivity index (χ2n) is 5.41. The highest BCUT2D eigenvalue weighted by atomic mass is 16.5. The van der Waals surface area contributed by atoms with Gasteiger partial charge in [0.15, 0.2) is 11.9 Å². The highest BCUT2D eigenvalue weighted by Gasteiger charge is 2.31. The van der Waals surface area contributed by atoms with Crippen molar-refractivity contribution in [3.63, 3.8) is 0 Å². The third kappa shape index (κ3) is 2.60. The van der Waals surface area contributed by atoms with Gasteiger partial charge in [0.05, 0.1) is 12.2 Å². The Balaban J connectivity index is 2.03. The number of hydrogen-bond donors (Lipinski definition) is 0. The van der Waals surface area contributed by atoms with Gasteiger partial charge in [0.2, 0.25) is 0 Å². The molecule has 2 aromatic rings. The lowest BCUT2D eigenvalue weighted by Gasteiger charge is -2.33. The number of carbonyl (C=O) groups excluding carboxylic acids is 2. The lowest BCUT2D eigenvalue weighted by Crippen LogP contribution is -2.44. The maximum atomic E-state index is 12.5. The van der Waals surface area contributed by atoms with E-state index in [1.54, 1.807) is 30.0 Å². The Morgan fingerprint density at radius 3 is 2.59 bits per heavy atom. The van der Waals surface area contributed by atoms with Crippen LogP contribution in [0.15, 0.2) is 48.5 Å². The van der Waals surface area contributed by atoms with Crippen LogP contribution < -0.4 is 9.64 Å². The molecule has 1 heterocycles. The summed E-state index contributed by atoms with van der Waals surface area (Å²) < 4.78 is 5.64. The molecular weight excluding hydrogens is 278 g/mol. The largest absolute Gasteiger partial charge is 0.479 e. The Kier molecular flexibility index (Phi) is 3.67. The van der Waals surface area contributed by atoms with Gasteiger partial charge in [-0.15, -0.1) is 0 Å². The molecule has 2 aromatic carbocycles. The van der Waals surface area contributed by atoms with E-state index >= 15 is 0 Å². The van der Waals surface area contributed by atoms with Crippen LogP contribution in [0.4, 0.5) is 5.69 Å². The van der Waals surface area contributed by atoms with E-state index in [4.69, 9.17) is 4.74 Å². The maximum absolute atomic E-state index is 12.5. The van der Waals surface area contributed by atoms with Gasteiger partial charge in [0, 0.05) is 5.56 Å². The Morgan fingerprint density at radius 2 is 1.91 bits per heavy atom. The molecule has 1 amide bonds. The second-order valence-corrected chi connectivity index (χ2v) is 5.41. The fraction of sp³-hybridized carbons (Fsp3) is 0.222. The summed E-state index contributed by atoms with van der Waals surface area (Å²) in [6, 6.07) is 15.0. The van der Waals surface area contributed by atoms with E-state index in [2.05, 4.69) is 0 Å². The third-order valence-corrected chi connectivity index (χ3v) is 3.76. The van der Waals surface area contributed by atoms with Gasteiger partial charge in [-0.2, -0.15) is 0 Å². The van der Waals surface area contributed by atoms with Crippen LogP contribution in [0.1, 0.15) is 29.8 Å². The Bertz CT molecular complexity index is 724. The van der Waals surface area contributed by atoms with Crippen molar-refractivity contribution < 1.29 is 14.3 Å². The van der Waals surface area contributed by atoms with Gasteiger partial charge in [-0.25, -0.2) is 0 Å². The van der Waals surface area contributed by atoms with E-state index in [1.165, 1.54) is 6.92 Å². The summed E-state index contributed by atoms with van der Waals surface area (Å²) in [6.07, 6.45) is -0.528. The second kappa shape index (κ2) is 5.64. The van der Waals surface area contributed by atoms with Gasteiger partial charge in [-0.3, -0.25) is 9.59 Å². The summed E-state index contributed by atoms with van der Waals surface area (Å²) in [6.45, 7) is 3.71. The molecule has 1 unspecified atom stereocenters. The first-order chi connectivity index (χ1) is 10.6. The molecule has 0 aromatic heterocycles. The number of hydrogen-bond acceptors (Lipinski definition) is 3. The Labute approximate surface area is 129 Å². The number of carbonyl (C=O) groups is 2. The molecule has 22 heavy (non-hydrogen) atoms. The first kappa shape index (κ1) is 14.3. The number of benzene rings is 2. The molecule has 4 heteroatoms. The van der Waals surface area contributed by atoms with E-state index in [9.17, 15) is 9.59 Å². The number of anilines is 1. The van der Waals surface area contributed by atoms with E-state index in [1.807, 2.05) is 30.3 Å². The topological polar surface area (TPSA) is 46.6 Å². The summed E-state index contributed by atoms with van der Waals surface area (Å²) in [5.41, 5.74) is 2.26. The Morgan fingerprint density at radius 1 is 1.18 bits per heavy atom. The molecule has 0 bridgehead atoms. The van der Waals surface area contributed by atoms with Crippen molar-refractivity contribution >= 4 is 17.4 Å². The van der Waals surface area contributed by atoms with Gasteiger partial charge >= 0.3 is 0 Å². The van der Waals surface area contributed by atoms with Crippen LogP contribution in [0.3, 0.4) is 0 Å². The molecule has 0 saturated heterocycles. The van der Waals surface area contributed by atoms with Crippen molar-refractivity contribution in [2.75, 3.05) is 4.90 Å². The molecule has 1 aliphatic rings. The van der Waals surface area contributed by atoms with Crippen molar-refractivity contribution in [1.29, 1.82) is 0 Å². The van der Waals surface area contributed by atoms with Gasteiger partial charge in [0.25, 0.3) is 5.91 Å². The van der Waals surface area contributed by atoms with E-state index < -0.39 is 6.10 Å². The zero-order chi connectivity index (χ0) is 15.7. The molecule has 0 fully saturated rings. The summed E-state index contributed by atoms with van der Waals surface area (Å²) in [5, 5.41) is 0. The van der Waals surface area contributed by atoms with Crippen molar-refractivity contribution in [2.24, 2.45) is 0 Å². The zero-order valence-corrected chi connectivity index (χ0v) is 12.6. The monoisotopic (exact) mass is 295 g/mol. The van der Waals surface area contributed by atoms with Gasteiger partial charge in [-0.1, -0.05) is 30.3 Å². The predicted molar refractivity (Wildman–Crippen MR) is 84.2 cm³/mol. The number of ether oxygens (including phenoxy) is 1. The summed E-state index contributed by atoms with van der Waals surface area (Å²) >= 11 is 0. The van der Waals surface area contributed by atoms with Crippen molar-refractivity contribution in [3.8, 4) is 5.75 Å². The number of Topliss-reactive ketones (excluding diaryl/α,β-unsaturated/α-hetero) is 1. The average molecular weight is 295 g/mol. The first-order valence-electron chi connectivity index (χ1n) is 7.23. The molecule has 1 aliphatic heterocycles. The van der Waals surface area contributed by atoms with Crippen molar-refractivity contribution in [2.45, 2.75) is 26.5 Å². The van der Waals surface area contributed by atoms with E-state index in [0.717, 1.165) is 5.56 Å². The minimum absolute atomic E-state index is 0.0338. The SMILES string of the molecule is CC(=O)c1ccc2c(c1)N(Cc1ccccc1)C(=O)C(C)O2. The molecule has 1 atom stereocenters. The van der Waals surface area contributed by atoms with Crippen LogP contribution in [0.25, 0.3) is 0 Å². The van der Waals surface area contributed by atoms with Crippen LogP contribution in [-0.2, 0) is 11.3 Å². The van der Waals surface area contributed by atoms with Crippen LogP contribution in [0.5, 0.6) is 5.75 Å². The number of fused-ring (bicyclic) bond motifs is 1. The number of amides is 1. The average Bonchev–Trinajstić information content (AvgIpc) is 2.52. The fourth-order valence-electron chi connectivity index (χ4n) is 2.56. The zero-order valence-electron chi connectivity index (χ0n) is 12.6. The lowest BCUT2D eigenvalue weighted by molar-refractivity contribution is -0.125. The highest BCUT2D eigenvalue weighted by molar-refractivity contribution is 6.02. The standard InChI is InChI=1S/C18H17NO3/c1-12(20)15-8-9-17-16(10-15)19(18(21)13(2)22-17)11-14-6-4-3-5-7-14/h3-10,13H,11H2,1-2H3. The molecular formula is C18H17NO3. The summed E-state index contributed by atoms with van der Waals surface area (Å²) in [7, 11) is 0. The van der Waals surface area contributed by atoms with E-state index in [0.29, 0.717) is 23.5 Å². The van der Waals surface area contributed by atoms with E-state index in [-0.39, 0.29) is 11.7 Å². The maximum Gasteiger partial charge on any atom is 0.268 e. The number of rotatable bonds is 3. The normalized spacial score (nSPS) is 16.9. The molecule has 0 aliphatic carbocycles. The predicted octanol–water partition coefficient (Wildman–Crippen LogP) is 3.20. The highest BCUT2D eigenvalue weighted by Crippen LogP contribution is 2.36. The third-order valence-electron chi connectivity index (χ3n) is 3.76. The fourth-order valence-corrected chi connectivity index (χ4v) is 2.56. The number of nitrogens with zero attached hydrogens (tertiary/aromatic N) is 1. The van der Waals surface area contributed by atoms with Crippen LogP contribution in [0, 0.1) is 0 Å². The molecule has 4 nitrogen and oxygen atoms in total. The van der Waals surface area contributed by atoms with Crippen LogP contribution in [-0.4, -0.2) is 17.8 Å². The van der Waals surface area contributed by atoms with Crippen LogP contribution in [0.2, 0.25) is 0 Å². The molecule has 112 valence electrons. The molecule has 0 saturated carbocycles. The summed E-state index contributed by atoms with van der Waals surface area (Å²) in [4.78, 5) is 25.8. The molecule has 0 spiro atoms. The van der Waals surface area contributed by atoms with Gasteiger partial charge in [-0.05, 0) is 37.6 Å². The van der Waals surface area contributed by atoms with Crippen molar-refractivity contribution in [1.82, 2.24) is 0 Å². The minimum atomic E-state index is -0.528.